The van der Waals surface area contributed by atoms with E-state index in [2.05, 4.69) is 28.1 Å². The average Bonchev–Trinajstić information content (AvgIpc) is 3.08. The third-order valence-corrected chi connectivity index (χ3v) is 4.78. The highest BCUT2D eigenvalue weighted by molar-refractivity contribution is 5.76. The number of carbonyl (C=O) groups excluding carboxylic acids is 1. The number of amides is 1. The van der Waals surface area contributed by atoms with Crippen LogP contribution in [-0.4, -0.2) is 35.2 Å². The zero-order valence-corrected chi connectivity index (χ0v) is 16.6. The molecule has 0 spiro atoms. The van der Waals surface area contributed by atoms with Crippen molar-refractivity contribution in [2.24, 2.45) is 0 Å². The molecule has 5 nitrogen and oxygen atoms in total. The highest BCUT2D eigenvalue weighted by Gasteiger charge is 2.10. The van der Waals surface area contributed by atoms with Crippen molar-refractivity contribution < 1.29 is 9.53 Å². The van der Waals surface area contributed by atoms with Crippen molar-refractivity contribution in [3.05, 3.63) is 66.0 Å². The molecule has 0 atom stereocenters. The first kappa shape index (κ1) is 20.1. The van der Waals surface area contributed by atoms with Crippen LogP contribution < -0.4 is 5.32 Å². The van der Waals surface area contributed by atoms with Gasteiger partial charge in [-0.05, 0) is 37.5 Å². The van der Waals surface area contributed by atoms with E-state index in [-0.39, 0.29) is 5.91 Å². The third-order valence-electron chi connectivity index (χ3n) is 4.78. The smallest absolute Gasteiger partial charge is 0.220 e. The first-order valence-electron chi connectivity index (χ1n) is 10.1. The van der Waals surface area contributed by atoms with Crippen molar-refractivity contribution in [1.82, 2.24) is 14.9 Å². The number of imidazole rings is 1. The summed E-state index contributed by atoms with van der Waals surface area (Å²) in [6.07, 6.45) is 3.01. The van der Waals surface area contributed by atoms with Crippen LogP contribution in [0.3, 0.4) is 0 Å². The Labute approximate surface area is 166 Å². The number of para-hydroxylation sites is 2. The van der Waals surface area contributed by atoms with Gasteiger partial charge in [-0.3, -0.25) is 4.79 Å². The van der Waals surface area contributed by atoms with Crippen LogP contribution in [0, 0.1) is 0 Å². The van der Waals surface area contributed by atoms with E-state index in [1.165, 1.54) is 5.56 Å². The van der Waals surface area contributed by atoms with Crippen LogP contribution in [0.15, 0.2) is 54.6 Å². The second-order valence-corrected chi connectivity index (χ2v) is 6.80. The molecule has 0 radical (unpaired) electrons. The van der Waals surface area contributed by atoms with E-state index in [1.54, 1.807) is 0 Å². The van der Waals surface area contributed by atoms with E-state index in [0.717, 1.165) is 49.3 Å². The van der Waals surface area contributed by atoms with Crippen molar-refractivity contribution in [2.45, 2.75) is 39.2 Å². The molecule has 3 rings (SSSR count). The Bertz CT molecular complexity index is 874. The number of benzene rings is 2. The van der Waals surface area contributed by atoms with E-state index in [9.17, 15) is 4.79 Å². The van der Waals surface area contributed by atoms with E-state index < -0.39 is 0 Å². The Morgan fingerprint density at radius 3 is 2.68 bits per heavy atom. The van der Waals surface area contributed by atoms with Gasteiger partial charge < -0.3 is 14.6 Å². The first-order chi connectivity index (χ1) is 13.8. The predicted octanol–water partition coefficient (Wildman–Crippen LogP) is 3.75. The van der Waals surface area contributed by atoms with Gasteiger partial charge in [-0.25, -0.2) is 4.98 Å². The standard InChI is InChI=1S/C23H29N3O2/c1-2-28-18-17-26-21-12-7-6-11-20(21)25-22(26)13-8-16-24-23(27)15-14-19-9-4-3-5-10-19/h3-7,9-12H,2,8,13-18H2,1H3,(H,24,27). The Morgan fingerprint density at radius 2 is 1.86 bits per heavy atom. The molecule has 0 aliphatic rings. The number of aryl methyl sites for hydroxylation is 2. The van der Waals surface area contributed by atoms with Crippen molar-refractivity contribution in [1.29, 1.82) is 0 Å². The lowest BCUT2D eigenvalue weighted by molar-refractivity contribution is -0.121. The van der Waals surface area contributed by atoms with Gasteiger partial charge in [0.15, 0.2) is 0 Å². The maximum atomic E-state index is 12.1. The highest BCUT2D eigenvalue weighted by atomic mass is 16.5. The Morgan fingerprint density at radius 1 is 1.07 bits per heavy atom. The molecule has 1 N–H and O–H groups in total. The quantitative estimate of drug-likeness (QED) is 0.516. The molecule has 148 valence electrons. The Kier molecular flexibility index (Phi) is 7.62. The molecule has 3 aromatic rings. The van der Waals surface area contributed by atoms with Crippen LogP contribution in [0.2, 0.25) is 0 Å². The van der Waals surface area contributed by atoms with Crippen LogP contribution in [-0.2, 0) is 28.9 Å². The minimum atomic E-state index is 0.105. The summed E-state index contributed by atoms with van der Waals surface area (Å²) in [4.78, 5) is 16.8. The maximum Gasteiger partial charge on any atom is 0.220 e. The molecule has 0 aliphatic carbocycles. The van der Waals surface area contributed by atoms with E-state index in [4.69, 9.17) is 9.72 Å². The molecule has 0 unspecified atom stereocenters. The fourth-order valence-electron chi connectivity index (χ4n) is 3.33. The molecule has 1 aromatic heterocycles. The zero-order valence-electron chi connectivity index (χ0n) is 16.6. The van der Waals surface area contributed by atoms with Crippen LogP contribution in [0.4, 0.5) is 0 Å². The summed E-state index contributed by atoms with van der Waals surface area (Å²) in [7, 11) is 0. The van der Waals surface area contributed by atoms with E-state index in [1.807, 2.05) is 43.3 Å². The van der Waals surface area contributed by atoms with Crippen molar-refractivity contribution in [3.63, 3.8) is 0 Å². The minimum Gasteiger partial charge on any atom is -0.380 e. The fourth-order valence-corrected chi connectivity index (χ4v) is 3.33. The maximum absolute atomic E-state index is 12.1. The largest absolute Gasteiger partial charge is 0.380 e. The Hall–Kier alpha value is -2.66. The van der Waals surface area contributed by atoms with Crippen LogP contribution in [0.25, 0.3) is 11.0 Å². The van der Waals surface area contributed by atoms with Gasteiger partial charge in [-0.1, -0.05) is 42.5 Å². The summed E-state index contributed by atoms with van der Waals surface area (Å²) < 4.78 is 7.76. The molecule has 5 heteroatoms. The highest BCUT2D eigenvalue weighted by Crippen LogP contribution is 2.17. The molecule has 28 heavy (non-hydrogen) atoms. The molecule has 2 aromatic carbocycles. The van der Waals surface area contributed by atoms with Gasteiger partial charge in [0.25, 0.3) is 0 Å². The third kappa shape index (κ3) is 5.67. The van der Waals surface area contributed by atoms with Gasteiger partial charge in [-0.2, -0.15) is 0 Å². The molecule has 0 fully saturated rings. The van der Waals surface area contributed by atoms with Gasteiger partial charge in [0.05, 0.1) is 17.6 Å². The number of aromatic nitrogens is 2. The number of carbonyl (C=O) groups is 1. The molecule has 0 bridgehead atoms. The number of hydrogen-bond donors (Lipinski definition) is 1. The van der Waals surface area contributed by atoms with Crippen LogP contribution in [0.1, 0.15) is 31.2 Å². The summed E-state index contributed by atoms with van der Waals surface area (Å²) in [6, 6.07) is 18.3. The lowest BCUT2D eigenvalue weighted by Gasteiger charge is -2.10. The average molecular weight is 380 g/mol. The van der Waals surface area contributed by atoms with Crippen molar-refractivity contribution in [2.75, 3.05) is 19.8 Å². The fraction of sp³-hybridized carbons (Fsp3) is 0.391. The molecule has 0 saturated carbocycles. The SMILES string of the molecule is CCOCCn1c(CCCNC(=O)CCc2ccccc2)nc2ccccc21. The van der Waals surface area contributed by atoms with E-state index >= 15 is 0 Å². The van der Waals surface area contributed by atoms with Gasteiger partial charge in [-0.15, -0.1) is 0 Å². The normalized spacial score (nSPS) is 11.0. The molecule has 1 heterocycles. The number of nitrogens with zero attached hydrogens (tertiary/aromatic N) is 2. The van der Waals surface area contributed by atoms with Crippen molar-refractivity contribution in [3.8, 4) is 0 Å². The number of fused-ring (bicyclic) bond motifs is 1. The van der Waals surface area contributed by atoms with Gasteiger partial charge in [0.2, 0.25) is 5.91 Å². The van der Waals surface area contributed by atoms with Crippen molar-refractivity contribution >= 4 is 16.9 Å². The van der Waals surface area contributed by atoms with Crippen LogP contribution >= 0.6 is 0 Å². The molecule has 0 aliphatic heterocycles. The predicted molar refractivity (Wildman–Crippen MR) is 112 cm³/mol. The van der Waals surface area contributed by atoms with E-state index in [0.29, 0.717) is 19.6 Å². The first-order valence-corrected chi connectivity index (χ1v) is 10.1. The summed E-state index contributed by atoms with van der Waals surface area (Å²) in [5, 5.41) is 3.03. The lowest BCUT2D eigenvalue weighted by Crippen LogP contribution is -2.25. The summed E-state index contributed by atoms with van der Waals surface area (Å²) in [5.41, 5.74) is 3.35. The summed E-state index contributed by atoms with van der Waals surface area (Å²) in [5.74, 6) is 1.16. The topological polar surface area (TPSA) is 56.1 Å². The number of ether oxygens (including phenoxy) is 1. The minimum absolute atomic E-state index is 0.105. The number of hydrogen-bond acceptors (Lipinski definition) is 3. The molecular formula is C23H29N3O2. The summed E-state index contributed by atoms with van der Waals surface area (Å²) in [6.45, 7) is 4.87. The number of nitrogens with one attached hydrogen (secondary N) is 1. The second-order valence-electron chi connectivity index (χ2n) is 6.80. The lowest BCUT2D eigenvalue weighted by atomic mass is 10.1. The molecule has 1 amide bonds. The molecular weight excluding hydrogens is 350 g/mol. The van der Waals surface area contributed by atoms with Gasteiger partial charge >= 0.3 is 0 Å². The second kappa shape index (κ2) is 10.6. The van der Waals surface area contributed by atoms with Gasteiger partial charge in [0, 0.05) is 32.5 Å². The number of rotatable bonds is 11. The summed E-state index contributed by atoms with van der Waals surface area (Å²) >= 11 is 0. The zero-order chi connectivity index (χ0) is 19.6. The van der Waals surface area contributed by atoms with Gasteiger partial charge in [0.1, 0.15) is 5.82 Å². The van der Waals surface area contributed by atoms with Crippen LogP contribution in [0.5, 0.6) is 0 Å². The Balaban J connectivity index is 1.48. The molecule has 0 saturated heterocycles. The monoisotopic (exact) mass is 379 g/mol.